The van der Waals surface area contributed by atoms with Gasteiger partial charge in [-0.25, -0.2) is 4.79 Å². The third kappa shape index (κ3) is 5.35. The molecule has 2 atom stereocenters. The average molecular weight is 495 g/mol. The minimum absolute atomic E-state index is 0.0771. The summed E-state index contributed by atoms with van der Waals surface area (Å²) >= 11 is 5.89. The second kappa shape index (κ2) is 10.8. The third-order valence-corrected chi connectivity index (χ3v) is 6.92. The first kappa shape index (κ1) is 26.4. The molecule has 0 heterocycles. The van der Waals surface area contributed by atoms with Crippen molar-refractivity contribution in [3.8, 4) is 0 Å². The van der Waals surface area contributed by atoms with E-state index in [1.807, 2.05) is 0 Å². The Balaban J connectivity index is 2.63. The van der Waals surface area contributed by atoms with Crippen molar-refractivity contribution in [3.05, 3.63) is 70.7 Å². The summed E-state index contributed by atoms with van der Waals surface area (Å²) in [5.74, 6) is -3.62. The summed E-state index contributed by atoms with van der Waals surface area (Å²) in [5, 5.41) is 0.312. The summed E-state index contributed by atoms with van der Waals surface area (Å²) in [7, 11) is -3.51. The number of methoxy groups -OCH3 is 1. The van der Waals surface area contributed by atoms with Crippen molar-refractivity contribution in [1.82, 2.24) is 0 Å². The number of ether oxygens (including phenoxy) is 2. The van der Waals surface area contributed by atoms with Crippen LogP contribution in [0.2, 0.25) is 5.02 Å². The van der Waals surface area contributed by atoms with Crippen LogP contribution in [-0.2, 0) is 33.5 Å². The normalized spacial score (nSPS) is 15.1. The van der Waals surface area contributed by atoms with Gasteiger partial charge in [-0.05, 0) is 26.0 Å². The number of hydrogen-bond donors (Lipinski definition) is 0. The molecule has 0 fully saturated rings. The van der Waals surface area contributed by atoms with Gasteiger partial charge < -0.3 is 18.5 Å². The molecule has 0 unspecified atom stereocenters. The minimum Gasteiger partial charge on any atom is -0.442 e. The van der Waals surface area contributed by atoms with Gasteiger partial charge in [0.15, 0.2) is 0 Å². The Labute approximate surface area is 189 Å². The van der Waals surface area contributed by atoms with Crippen LogP contribution < -0.4 is 0 Å². The number of carbonyl (C=O) groups is 1. The summed E-state index contributed by atoms with van der Waals surface area (Å²) in [4.78, 5) is 13.1. The molecule has 0 radical (unpaired) electrons. The van der Waals surface area contributed by atoms with Crippen molar-refractivity contribution >= 4 is 25.2 Å². The van der Waals surface area contributed by atoms with Gasteiger partial charge in [0.1, 0.15) is 0 Å². The van der Waals surface area contributed by atoms with Gasteiger partial charge in [-0.1, -0.05) is 54.1 Å². The molecule has 0 aliphatic carbocycles. The molecule has 11 heteroatoms. The largest absolute Gasteiger partial charge is 0.442 e. The molecule has 2 rings (SSSR count). The smallest absolute Gasteiger partial charge is 0.432 e. The van der Waals surface area contributed by atoms with E-state index in [1.54, 1.807) is 0 Å². The van der Waals surface area contributed by atoms with Gasteiger partial charge >= 0.3 is 19.7 Å². The SMILES string of the molecule is CCOP(=O)(OCC)[C@@H](OC(=O)[C@](OC)(c1ccccc1)C(F)(F)F)c1ccc(Cl)cc1. The summed E-state index contributed by atoms with van der Waals surface area (Å²) in [6.07, 6.45) is -5.20. The molecule has 0 amide bonds. The van der Waals surface area contributed by atoms with E-state index in [9.17, 15) is 22.5 Å². The fraction of sp³-hybridized carbons (Fsp3) is 0.381. The molecule has 0 N–H and O–H groups in total. The first-order valence-electron chi connectivity index (χ1n) is 9.58. The predicted molar refractivity (Wildman–Crippen MR) is 112 cm³/mol. The monoisotopic (exact) mass is 494 g/mol. The zero-order valence-electron chi connectivity index (χ0n) is 17.6. The topological polar surface area (TPSA) is 71.1 Å². The molecule has 0 saturated carbocycles. The number of alkyl halides is 3. The Hall–Kier alpha value is -1.90. The number of rotatable bonds is 10. The molecule has 0 saturated heterocycles. The lowest BCUT2D eigenvalue weighted by Gasteiger charge is -2.35. The lowest BCUT2D eigenvalue weighted by Crippen LogP contribution is -2.52. The standard InChI is InChI=1S/C21H23ClF3O6P/c1-4-29-32(27,30-5-2)18(15-11-13-17(22)14-12-15)31-19(26)20(28-3,21(23,24)25)16-9-7-6-8-10-16/h6-14,18H,4-5H2,1-3H3/t18-,20-/m1/s1. The van der Waals surface area contributed by atoms with Gasteiger partial charge in [0, 0.05) is 23.3 Å². The first-order valence-corrected chi connectivity index (χ1v) is 11.6. The van der Waals surface area contributed by atoms with Crippen LogP contribution in [0.4, 0.5) is 13.2 Å². The van der Waals surface area contributed by atoms with Gasteiger partial charge in [-0.2, -0.15) is 13.2 Å². The summed E-state index contributed by atoms with van der Waals surface area (Å²) in [5.41, 5.74) is -3.90. The van der Waals surface area contributed by atoms with Gasteiger partial charge in [0.05, 0.1) is 13.2 Å². The molecule has 0 bridgehead atoms. The van der Waals surface area contributed by atoms with Crippen LogP contribution in [0.25, 0.3) is 0 Å². The maximum atomic E-state index is 14.2. The Morgan fingerprint density at radius 1 is 1.00 bits per heavy atom. The van der Waals surface area contributed by atoms with Crippen molar-refractivity contribution in [2.24, 2.45) is 0 Å². The number of halogens is 4. The second-order valence-corrected chi connectivity index (χ2v) is 8.94. The fourth-order valence-corrected chi connectivity index (χ4v) is 5.00. The van der Waals surface area contributed by atoms with E-state index in [1.165, 1.54) is 56.3 Å². The summed E-state index contributed by atoms with van der Waals surface area (Å²) in [6.45, 7) is 2.83. The predicted octanol–water partition coefficient (Wildman–Crippen LogP) is 6.25. The van der Waals surface area contributed by atoms with E-state index in [-0.39, 0.29) is 18.8 Å². The van der Waals surface area contributed by atoms with Crippen LogP contribution in [-0.4, -0.2) is 32.5 Å². The molecule has 32 heavy (non-hydrogen) atoms. The zero-order chi connectivity index (χ0) is 24.0. The van der Waals surface area contributed by atoms with E-state index in [4.69, 9.17) is 30.1 Å². The van der Waals surface area contributed by atoms with Gasteiger partial charge in [0.2, 0.25) is 5.85 Å². The number of hydrogen-bond acceptors (Lipinski definition) is 6. The third-order valence-electron chi connectivity index (χ3n) is 4.45. The summed E-state index contributed by atoms with van der Waals surface area (Å²) in [6, 6.07) is 11.8. The van der Waals surface area contributed by atoms with Crippen LogP contribution in [0, 0.1) is 0 Å². The summed E-state index contributed by atoms with van der Waals surface area (Å²) < 4.78 is 76.7. The first-order chi connectivity index (χ1) is 15.1. The fourth-order valence-electron chi connectivity index (χ4n) is 3.05. The molecular formula is C21H23ClF3O6P. The van der Waals surface area contributed by atoms with Crippen LogP contribution in [0.3, 0.4) is 0 Å². The lowest BCUT2D eigenvalue weighted by atomic mass is 9.92. The molecule has 176 valence electrons. The van der Waals surface area contributed by atoms with E-state index >= 15 is 0 Å². The maximum Gasteiger partial charge on any atom is 0.432 e. The van der Waals surface area contributed by atoms with Gasteiger partial charge in [-0.15, -0.1) is 0 Å². The number of carbonyl (C=O) groups excluding carboxylic acids is 1. The number of esters is 1. The molecule has 0 spiro atoms. The Morgan fingerprint density at radius 3 is 1.97 bits per heavy atom. The Kier molecular flexibility index (Phi) is 8.90. The highest BCUT2D eigenvalue weighted by atomic mass is 35.5. The van der Waals surface area contributed by atoms with Gasteiger partial charge in [0.25, 0.3) is 5.60 Å². The Morgan fingerprint density at radius 2 is 1.53 bits per heavy atom. The molecule has 0 aromatic heterocycles. The highest BCUT2D eigenvalue weighted by Gasteiger charge is 2.65. The van der Waals surface area contributed by atoms with Crippen molar-refractivity contribution in [3.63, 3.8) is 0 Å². The van der Waals surface area contributed by atoms with Crippen LogP contribution in [0.15, 0.2) is 54.6 Å². The second-order valence-electron chi connectivity index (χ2n) is 6.43. The van der Waals surface area contributed by atoms with Crippen molar-refractivity contribution in [1.29, 1.82) is 0 Å². The van der Waals surface area contributed by atoms with E-state index in [0.717, 1.165) is 19.2 Å². The number of benzene rings is 2. The molecule has 2 aromatic carbocycles. The quantitative estimate of drug-likeness (QED) is 0.287. The van der Waals surface area contributed by atoms with E-state index < -0.39 is 36.8 Å². The molecule has 0 aliphatic rings. The van der Waals surface area contributed by atoms with Crippen molar-refractivity contribution < 1.29 is 41.1 Å². The highest BCUT2D eigenvalue weighted by Crippen LogP contribution is 2.62. The van der Waals surface area contributed by atoms with E-state index in [2.05, 4.69) is 0 Å². The molecular weight excluding hydrogens is 472 g/mol. The van der Waals surface area contributed by atoms with Crippen molar-refractivity contribution in [2.75, 3.05) is 20.3 Å². The minimum atomic E-state index is -5.20. The van der Waals surface area contributed by atoms with Crippen LogP contribution in [0.1, 0.15) is 30.8 Å². The molecule has 2 aromatic rings. The highest BCUT2D eigenvalue weighted by molar-refractivity contribution is 7.54. The molecule has 0 aliphatic heterocycles. The van der Waals surface area contributed by atoms with Crippen LogP contribution in [0.5, 0.6) is 0 Å². The van der Waals surface area contributed by atoms with Crippen molar-refractivity contribution in [2.45, 2.75) is 31.5 Å². The average Bonchev–Trinajstić information content (AvgIpc) is 2.74. The van der Waals surface area contributed by atoms with Crippen LogP contribution >= 0.6 is 19.2 Å². The Bertz CT molecular complexity index is 929. The van der Waals surface area contributed by atoms with E-state index in [0.29, 0.717) is 5.02 Å². The molecule has 6 nitrogen and oxygen atoms in total. The lowest BCUT2D eigenvalue weighted by molar-refractivity contribution is -0.277. The zero-order valence-corrected chi connectivity index (χ0v) is 19.2. The van der Waals surface area contributed by atoms with Gasteiger partial charge in [-0.3, -0.25) is 4.57 Å². The maximum absolute atomic E-state index is 14.2.